The molecule has 0 fully saturated rings. The number of furan rings is 1. The molecule has 1 N–H and O–H groups in total. The third-order valence-corrected chi connectivity index (χ3v) is 3.97. The van der Waals surface area contributed by atoms with Gasteiger partial charge in [-0.1, -0.05) is 35.9 Å². The fraction of sp³-hybridized carbons (Fsp3) is 0. The number of nitrogens with one attached hydrogen (secondary N) is 1. The molecule has 0 saturated heterocycles. The van der Waals surface area contributed by atoms with Gasteiger partial charge < -0.3 is 9.73 Å². The van der Waals surface area contributed by atoms with Crippen molar-refractivity contribution in [3.05, 3.63) is 87.1 Å². The van der Waals surface area contributed by atoms with Crippen LogP contribution in [-0.4, -0.2) is 10.8 Å². The highest BCUT2D eigenvalue weighted by Gasteiger charge is 2.17. The first kappa shape index (κ1) is 18.9. The lowest BCUT2D eigenvalue weighted by Crippen LogP contribution is -2.14. The van der Waals surface area contributed by atoms with Gasteiger partial charge in [-0.25, -0.2) is 0 Å². The van der Waals surface area contributed by atoms with E-state index in [0.29, 0.717) is 10.8 Å². The van der Waals surface area contributed by atoms with Gasteiger partial charge >= 0.3 is 0 Å². The van der Waals surface area contributed by atoms with E-state index in [1.165, 1.54) is 24.3 Å². The van der Waals surface area contributed by atoms with E-state index < -0.39 is 10.8 Å². The predicted molar refractivity (Wildman–Crippen MR) is 104 cm³/mol. The van der Waals surface area contributed by atoms with Crippen LogP contribution in [0.25, 0.3) is 17.4 Å². The van der Waals surface area contributed by atoms with Crippen molar-refractivity contribution >= 4 is 35.0 Å². The number of nitro groups is 1. The molecule has 0 aliphatic carbocycles. The van der Waals surface area contributed by atoms with Crippen LogP contribution >= 0.6 is 11.6 Å². The zero-order valence-corrected chi connectivity index (χ0v) is 15.0. The molecule has 3 rings (SSSR count). The average molecular weight is 394 g/mol. The quantitative estimate of drug-likeness (QED) is 0.282. The van der Waals surface area contributed by atoms with Crippen molar-refractivity contribution in [3.8, 4) is 17.4 Å². The van der Waals surface area contributed by atoms with E-state index in [-0.39, 0.29) is 22.7 Å². The number of anilines is 1. The summed E-state index contributed by atoms with van der Waals surface area (Å²) in [6.07, 6.45) is 1.26. The van der Waals surface area contributed by atoms with Gasteiger partial charge in [0, 0.05) is 22.7 Å². The van der Waals surface area contributed by atoms with Crippen LogP contribution in [0, 0.1) is 21.4 Å². The van der Waals surface area contributed by atoms with Crippen LogP contribution in [0.2, 0.25) is 5.02 Å². The minimum absolute atomic E-state index is 0.00212. The standard InChI is InChI=1S/C20H12ClN3O4/c21-15-5-3-4-13(10-15)19-9-8-16(28-19)11-14(12-22)20(25)23-17-6-1-2-7-18(17)24(26)27/h1-11H,(H,23,25)/b14-11+. The maximum Gasteiger partial charge on any atom is 0.292 e. The second kappa shape index (κ2) is 8.20. The van der Waals surface area contributed by atoms with E-state index in [0.717, 1.165) is 5.56 Å². The summed E-state index contributed by atoms with van der Waals surface area (Å²) in [6, 6.07) is 17.8. The van der Waals surface area contributed by atoms with E-state index in [1.807, 2.05) is 6.07 Å². The summed E-state index contributed by atoms with van der Waals surface area (Å²) < 4.78 is 5.64. The molecule has 28 heavy (non-hydrogen) atoms. The molecule has 2 aromatic carbocycles. The maximum atomic E-state index is 12.4. The van der Waals surface area contributed by atoms with Gasteiger partial charge in [0.25, 0.3) is 11.6 Å². The average Bonchev–Trinajstić information content (AvgIpc) is 3.15. The van der Waals surface area contributed by atoms with Crippen molar-refractivity contribution in [2.24, 2.45) is 0 Å². The Kier molecular flexibility index (Phi) is 5.53. The van der Waals surface area contributed by atoms with Crippen LogP contribution < -0.4 is 5.32 Å². The number of rotatable bonds is 5. The van der Waals surface area contributed by atoms with Gasteiger partial charge in [-0.05, 0) is 30.3 Å². The molecule has 8 heteroatoms. The molecule has 1 heterocycles. The first-order chi connectivity index (χ1) is 13.5. The maximum absolute atomic E-state index is 12.4. The van der Waals surface area contributed by atoms with Crippen LogP contribution in [0.5, 0.6) is 0 Å². The summed E-state index contributed by atoms with van der Waals surface area (Å²) in [4.78, 5) is 22.8. The number of benzene rings is 2. The Balaban J connectivity index is 1.84. The van der Waals surface area contributed by atoms with E-state index in [2.05, 4.69) is 5.32 Å². The molecule has 0 aliphatic heterocycles. The fourth-order valence-electron chi connectivity index (χ4n) is 2.45. The van der Waals surface area contributed by atoms with Gasteiger partial charge in [0.1, 0.15) is 28.9 Å². The Morgan fingerprint density at radius 3 is 2.68 bits per heavy atom. The minimum atomic E-state index is -0.780. The number of para-hydroxylation sites is 2. The lowest BCUT2D eigenvalue weighted by molar-refractivity contribution is -0.383. The summed E-state index contributed by atoms with van der Waals surface area (Å²) in [5, 5.41) is 23.3. The molecule has 0 unspecified atom stereocenters. The van der Waals surface area contributed by atoms with Crippen LogP contribution in [0.1, 0.15) is 5.76 Å². The van der Waals surface area contributed by atoms with Crippen molar-refractivity contribution in [1.29, 1.82) is 5.26 Å². The SMILES string of the molecule is N#C/C(=C\c1ccc(-c2cccc(Cl)c2)o1)C(=O)Nc1ccccc1[N+](=O)[O-]. The molecule has 7 nitrogen and oxygen atoms in total. The Bertz CT molecular complexity index is 1130. The molecule has 0 radical (unpaired) electrons. The largest absolute Gasteiger partial charge is 0.457 e. The van der Waals surface area contributed by atoms with Crippen LogP contribution in [-0.2, 0) is 4.79 Å². The zero-order chi connectivity index (χ0) is 20.1. The van der Waals surface area contributed by atoms with Gasteiger partial charge in [0.05, 0.1) is 4.92 Å². The highest BCUT2D eigenvalue weighted by Crippen LogP contribution is 2.27. The molecule has 0 aliphatic rings. The predicted octanol–water partition coefficient (Wildman–Crippen LogP) is 5.05. The molecule has 1 aromatic heterocycles. The van der Waals surface area contributed by atoms with Gasteiger partial charge in [-0.3, -0.25) is 14.9 Å². The number of hydrogen-bond acceptors (Lipinski definition) is 5. The topological polar surface area (TPSA) is 109 Å². The van der Waals surface area contributed by atoms with Gasteiger partial charge in [-0.15, -0.1) is 0 Å². The van der Waals surface area contributed by atoms with Crippen LogP contribution in [0.3, 0.4) is 0 Å². The van der Waals surface area contributed by atoms with Gasteiger partial charge in [-0.2, -0.15) is 5.26 Å². The second-order valence-corrected chi connectivity index (χ2v) is 6.05. The Labute approximate surface area is 164 Å². The lowest BCUT2D eigenvalue weighted by atomic mass is 10.2. The van der Waals surface area contributed by atoms with Crippen LogP contribution in [0.15, 0.2) is 70.7 Å². The van der Waals surface area contributed by atoms with Crippen molar-refractivity contribution in [3.63, 3.8) is 0 Å². The monoisotopic (exact) mass is 393 g/mol. The molecule has 0 atom stereocenters. The summed E-state index contributed by atoms with van der Waals surface area (Å²) in [6.45, 7) is 0. The van der Waals surface area contributed by atoms with Crippen molar-refractivity contribution in [2.75, 3.05) is 5.32 Å². The third-order valence-electron chi connectivity index (χ3n) is 3.74. The second-order valence-electron chi connectivity index (χ2n) is 5.61. The molecule has 0 spiro atoms. The first-order valence-corrected chi connectivity index (χ1v) is 8.38. The molecule has 0 bridgehead atoms. The number of nitriles is 1. The summed E-state index contributed by atoms with van der Waals surface area (Å²) >= 11 is 5.96. The Morgan fingerprint density at radius 1 is 1.18 bits per heavy atom. The van der Waals surface area contributed by atoms with E-state index in [1.54, 1.807) is 42.5 Å². The molecule has 1 amide bonds. The third kappa shape index (κ3) is 4.26. The molecule has 138 valence electrons. The minimum Gasteiger partial charge on any atom is -0.457 e. The number of hydrogen-bond donors (Lipinski definition) is 1. The summed E-state index contributed by atoms with van der Waals surface area (Å²) in [5.41, 5.74) is 0.215. The number of nitro benzene ring substituents is 1. The number of carbonyl (C=O) groups is 1. The van der Waals surface area contributed by atoms with Crippen molar-refractivity contribution in [2.45, 2.75) is 0 Å². The van der Waals surface area contributed by atoms with Crippen molar-refractivity contribution < 1.29 is 14.1 Å². The fourth-order valence-corrected chi connectivity index (χ4v) is 2.64. The highest BCUT2D eigenvalue weighted by molar-refractivity contribution is 6.30. The molecule has 3 aromatic rings. The summed E-state index contributed by atoms with van der Waals surface area (Å²) in [7, 11) is 0. The van der Waals surface area contributed by atoms with E-state index in [4.69, 9.17) is 16.0 Å². The first-order valence-electron chi connectivity index (χ1n) is 8.00. The number of carbonyl (C=O) groups excluding carboxylic acids is 1. The highest BCUT2D eigenvalue weighted by atomic mass is 35.5. The van der Waals surface area contributed by atoms with Gasteiger partial charge in [0.15, 0.2) is 0 Å². The Morgan fingerprint density at radius 2 is 1.96 bits per heavy atom. The van der Waals surface area contributed by atoms with Gasteiger partial charge in [0.2, 0.25) is 0 Å². The molecular formula is C20H12ClN3O4. The number of amides is 1. The van der Waals surface area contributed by atoms with Crippen molar-refractivity contribution in [1.82, 2.24) is 0 Å². The normalized spacial score (nSPS) is 10.9. The summed E-state index contributed by atoms with van der Waals surface area (Å²) in [5.74, 6) is 0.0203. The zero-order valence-electron chi connectivity index (χ0n) is 14.3. The molecule has 0 saturated carbocycles. The van der Waals surface area contributed by atoms with E-state index >= 15 is 0 Å². The van der Waals surface area contributed by atoms with Crippen LogP contribution in [0.4, 0.5) is 11.4 Å². The Hall–Kier alpha value is -3.89. The van der Waals surface area contributed by atoms with E-state index in [9.17, 15) is 20.2 Å². The molecular weight excluding hydrogens is 382 g/mol. The smallest absolute Gasteiger partial charge is 0.292 e. The number of nitrogens with zero attached hydrogens (tertiary/aromatic N) is 2. The number of halogens is 1. The lowest BCUT2D eigenvalue weighted by Gasteiger charge is -2.04.